The Hall–Kier alpha value is -3.74. The van der Waals surface area contributed by atoms with E-state index in [0.717, 1.165) is 54.3 Å². The van der Waals surface area contributed by atoms with E-state index in [1.807, 2.05) is 6.20 Å². The highest BCUT2D eigenvalue weighted by Crippen LogP contribution is 2.53. The summed E-state index contributed by atoms with van der Waals surface area (Å²) in [6.45, 7) is 6.75. The van der Waals surface area contributed by atoms with Crippen LogP contribution in [-0.2, 0) is 12.8 Å². The Kier molecular flexibility index (Phi) is 6.54. The van der Waals surface area contributed by atoms with Gasteiger partial charge in [0.1, 0.15) is 11.6 Å². The zero-order chi connectivity index (χ0) is 30.1. The Morgan fingerprint density at radius 3 is 1.98 bits per heavy atom. The summed E-state index contributed by atoms with van der Waals surface area (Å²) in [5.41, 5.74) is 13.5. The molecule has 45 heavy (non-hydrogen) atoms. The van der Waals surface area contributed by atoms with Crippen LogP contribution in [-0.4, -0.2) is 33.0 Å². The fraction of sp³-hybridized carbons (Fsp3) is 0.436. The number of H-pyrrole nitrogens is 2. The van der Waals surface area contributed by atoms with E-state index in [1.165, 1.54) is 66.3 Å². The molecule has 0 unspecified atom stereocenters. The summed E-state index contributed by atoms with van der Waals surface area (Å²) >= 11 is 0. The molecule has 4 aliphatic rings. The van der Waals surface area contributed by atoms with E-state index in [4.69, 9.17) is 9.97 Å². The Labute approximate surface area is 265 Å². The lowest BCUT2D eigenvalue weighted by Gasteiger charge is -2.22. The van der Waals surface area contributed by atoms with Gasteiger partial charge in [-0.15, -0.1) is 0 Å². The van der Waals surface area contributed by atoms with Crippen LogP contribution in [0.5, 0.6) is 0 Å². The van der Waals surface area contributed by atoms with Crippen LogP contribution in [0.3, 0.4) is 0 Å². The van der Waals surface area contributed by atoms with E-state index in [-0.39, 0.29) is 0 Å². The average molecular weight is 597 g/mol. The van der Waals surface area contributed by atoms with Crippen LogP contribution in [0.15, 0.2) is 60.8 Å². The standard InChI is InChI=1S/C39H44N6/c1-23-15-34(40-20-23)37-42-22-36(45-37)26-7-5-25(6-8-26)28-10-11-29(31-19-39(18-30(28)31)13-3-4-14-39)27-9-12-32-33(17-27)44-38(43-32)35-16-24(2)21-41-35/h5-12,17,22-24,34-35,40-41H,3-4,13-16,18-21H2,1-2H3,(H,42,45)(H,43,44)/t23-,24-,34-,35-/m0/s1. The molecular formula is C39H44N6. The highest BCUT2D eigenvalue weighted by Gasteiger charge is 2.41. The minimum atomic E-state index is 0.330. The normalized spacial score (nSPS) is 25.6. The van der Waals surface area contributed by atoms with Crippen LogP contribution >= 0.6 is 0 Å². The number of rotatable bonds is 5. The minimum absolute atomic E-state index is 0.330. The van der Waals surface area contributed by atoms with Crippen LogP contribution in [0.1, 0.15) is 87.2 Å². The van der Waals surface area contributed by atoms with Gasteiger partial charge in [0.05, 0.1) is 35.0 Å². The van der Waals surface area contributed by atoms with Crippen molar-refractivity contribution in [1.82, 2.24) is 30.6 Å². The maximum Gasteiger partial charge on any atom is 0.124 e. The molecule has 0 amide bonds. The Bertz CT molecular complexity index is 1870. The van der Waals surface area contributed by atoms with E-state index in [9.17, 15) is 0 Å². The first-order valence-corrected chi connectivity index (χ1v) is 17.3. The number of nitrogens with zero attached hydrogens (tertiary/aromatic N) is 2. The number of hydrogen-bond acceptors (Lipinski definition) is 4. The lowest BCUT2D eigenvalue weighted by atomic mass is 9.82. The van der Waals surface area contributed by atoms with E-state index in [1.54, 1.807) is 11.1 Å². The van der Waals surface area contributed by atoms with Gasteiger partial charge in [-0.25, -0.2) is 9.97 Å². The van der Waals surface area contributed by atoms with Gasteiger partial charge in [-0.1, -0.05) is 69.2 Å². The minimum Gasteiger partial charge on any atom is -0.341 e. The van der Waals surface area contributed by atoms with Crippen molar-refractivity contribution in [3.63, 3.8) is 0 Å². The number of aromatic nitrogens is 4. The first-order chi connectivity index (χ1) is 22.0. The highest BCUT2D eigenvalue weighted by molar-refractivity contribution is 5.85. The molecule has 4 atom stereocenters. The monoisotopic (exact) mass is 596 g/mol. The van der Waals surface area contributed by atoms with Gasteiger partial charge in [0.25, 0.3) is 0 Å². The summed E-state index contributed by atoms with van der Waals surface area (Å²) in [6, 6.07) is 21.5. The molecule has 4 heterocycles. The van der Waals surface area contributed by atoms with Gasteiger partial charge < -0.3 is 20.6 Å². The number of fused-ring (bicyclic) bond motifs is 2. The second-order valence-electron chi connectivity index (χ2n) is 14.9. The molecule has 2 aromatic heterocycles. The van der Waals surface area contributed by atoms with Crippen LogP contribution < -0.4 is 10.6 Å². The molecule has 6 nitrogen and oxygen atoms in total. The van der Waals surface area contributed by atoms with Gasteiger partial charge in [0.15, 0.2) is 0 Å². The van der Waals surface area contributed by atoms with Crippen molar-refractivity contribution in [2.45, 2.75) is 77.3 Å². The van der Waals surface area contributed by atoms with Crippen molar-refractivity contribution in [3.05, 3.63) is 83.6 Å². The molecule has 0 bridgehead atoms. The van der Waals surface area contributed by atoms with Gasteiger partial charge in [-0.2, -0.15) is 0 Å². The van der Waals surface area contributed by atoms with Crippen molar-refractivity contribution in [2.24, 2.45) is 17.3 Å². The molecule has 4 N–H and O–H groups in total. The first-order valence-electron chi connectivity index (χ1n) is 17.3. The van der Waals surface area contributed by atoms with Crippen LogP contribution in [0, 0.1) is 17.3 Å². The molecular weight excluding hydrogens is 552 g/mol. The van der Waals surface area contributed by atoms with E-state index in [2.05, 4.69) is 89.0 Å². The highest BCUT2D eigenvalue weighted by atomic mass is 15.1. The van der Waals surface area contributed by atoms with Crippen molar-refractivity contribution in [2.75, 3.05) is 13.1 Å². The van der Waals surface area contributed by atoms with Crippen LogP contribution in [0.4, 0.5) is 0 Å². The molecule has 5 aromatic rings. The van der Waals surface area contributed by atoms with E-state index >= 15 is 0 Å². The second-order valence-corrected chi connectivity index (χ2v) is 14.9. The van der Waals surface area contributed by atoms with Crippen LogP contribution in [0.2, 0.25) is 0 Å². The summed E-state index contributed by atoms with van der Waals surface area (Å²) in [5.74, 6) is 3.53. The predicted octanol–water partition coefficient (Wildman–Crippen LogP) is 8.29. The maximum atomic E-state index is 4.97. The van der Waals surface area contributed by atoms with E-state index < -0.39 is 0 Å². The lowest BCUT2D eigenvalue weighted by molar-refractivity contribution is 0.318. The number of nitrogens with one attached hydrogen (secondary N) is 4. The van der Waals surface area contributed by atoms with Crippen LogP contribution in [0.25, 0.3) is 44.5 Å². The van der Waals surface area contributed by atoms with Crippen molar-refractivity contribution in [1.29, 1.82) is 0 Å². The molecule has 6 heteroatoms. The van der Waals surface area contributed by atoms with E-state index in [0.29, 0.717) is 29.3 Å². The topological polar surface area (TPSA) is 81.4 Å². The molecule has 230 valence electrons. The zero-order valence-corrected chi connectivity index (χ0v) is 26.5. The first kappa shape index (κ1) is 27.6. The van der Waals surface area contributed by atoms with Crippen molar-refractivity contribution < 1.29 is 0 Å². The number of imidazole rings is 2. The quantitative estimate of drug-likeness (QED) is 0.165. The maximum absolute atomic E-state index is 4.97. The Morgan fingerprint density at radius 1 is 0.689 bits per heavy atom. The Balaban J connectivity index is 1.05. The smallest absolute Gasteiger partial charge is 0.124 e. The molecule has 3 fully saturated rings. The van der Waals surface area contributed by atoms with Gasteiger partial charge in [-0.3, -0.25) is 0 Å². The number of hydrogen-bond donors (Lipinski definition) is 4. The third kappa shape index (κ3) is 4.85. The summed E-state index contributed by atoms with van der Waals surface area (Å²) < 4.78 is 0. The second kappa shape index (κ2) is 10.7. The molecule has 2 aliphatic heterocycles. The SMILES string of the molecule is C[C@@H]1CN[C@H](c2ncc(-c3ccc(-c4ccc(-c5ccc6nc([C@@H]7C[C@H](C)CN7)[nH]c6c5)c5c4CC4(CCCC4)C5)cc3)[nH]2)C1. The fourth-order valence-electron chi connectivity index (χ4n) is 9.02. The lowest BCUT2D eigenvalue weighted by Crippen LogP contribution is -2.15. The largest absolute Gasteiger partial charge is 0.341 e. The zero-order valence-electron chi connectivity index (χ0n) is 26.5. The molecule has 1 spiro atoms. The molecule has 2 saturated heterocycles. The third-order valence-electron chi connectivity index (χ3n) is 11.5. The summed E-state index contributed by atoms with van der Waals surface area (Å²) in [6.07, 6.45) is 12.1. The van der Waals surface area contributed by atoms with Crippen molar-refractivity contribution >= 4 is 11.0 Å². The molecule has 0 radical (unpaired) electrons. The average Bonchev–Trinajstić information content (AvgIpc) is 3.89. The van der Waals surface area contributed by atoms with Gasteiger partial charge >= 0.3 is 0 Å². The number of aromatic amines is 2. The molecule has 3 aromatic carbocycles. The van der Waals surface area contributed by atoms with Gasteiger partial charge in [0, 0.05) is 0 Å². The Morgan fingerprint density at radius 2 is 1.31 bits per heavy atom. The summed E-state index contributed by atoms with van der Waals surface area (Å²) in [5, 5.41) is 7.24. The van der Waals surface area contributed by atoms with Gasteiger partial charge in [-0.05, 0) is 120 Å². The predicted molar refractivity (Wildman–Crippen MR) is 182 cm³/mol. The molecule has 9 rings (SSSR count). The fourth-order valence-corrected chi connectivity index (χ4v) is 9.02. The molecule has 1 saturated carbocycles. The van der Waals surface area contributed by atoms with Crippen molar-refractivity contribution in [3.8, 4) is 33.5 Å². The third-order valence-corrected chi connectivity index (χ3v) is 11.5. The van der Waals surface area contributed by atoms with Gasteiger partial charge in [0.2, 0.25) is 0 Å². The molecule has 2 aliphatic carbocycles. The summed E-state index contributed by atoms with van der Waals surface area (Å²) in [7, 11) is 0. The number of benzene rings is 3. The summed E-state index contributed by atoms with van der Waals surface area (Å²) in [4.78, 5) is 17.0.